The van der Waals surface area contributed by atoms with Gasteiger partial charge in [0.05, 0.1) is 17.7 Å². The maximum atomic E-state index is 9.79. The van der Waals surface area contributed by atoms with Crippen LogP contribution in [0.2, 0.25) is 0 Å². The monoisotopic (exact) mass is 354 g/mol. The largest absolute Gasteiger partial charge is 0.503 e. The van der Waals surface area contributed by atoms with Crippen LogP contribution < -0.4 is 4.74 Å². The van der Waals surface area contributed by atoms with E-state index in [4.69, 9.17) is 4.74 Å². The number of halogens is 2. The molecule has 4 nitrogen and oxygen atoms in total. The molecule has 90 valence electrons. The lowest BCUT2D eigenvalue weighted by Gasteiger charge is -2.17. The lowest BCUT2D eigenvalue weighted by atomic mass is 10.0. The second-order valence-electron chi connectivity index (χ2n) is 3.22. The van der Waals surface area contributed by atoms with Crippen molar-refractivity contribution in [2.24, 2.45) is 0 Å². The van der Waals surface area contributed by atoms with Gasteiger partial charge in [0.2, 0.25) is 0 Å². The number of phenolic OH excluding ortho intramolecular Hbond substituents is 1. The number of rotatable bonds is 4. The predicted molar refractivity (Wildman–Crippen MR) is 67.1 cm³/mol. The van der Waals surface area contributed by atoms with Gasteiger partial charge in [-0.2, -0.15) is 0 Å². The molecule has 0 aliphatic heterocycles. The van der Waals surface area contributed by atoms with Crippen molar-refractivity contribution in [3.63, 3.8) is 0 Å². The van der Waals surface area contributed by atoms with Gasteiger partial charge in [-0.05, 0) is 33.6 Å². The Morgan fingerprint density at radius 3 is 2.50 bits per heavy atom. The van der Waals surface area contributed by atoms with E-state index >= 15 is 0 Å². The first-order chi connectivity index (χ1) is 7.51. The first-order valence-electron chi connectivity index (χ1n) is 4.49. The quantitative estimate of drug-likeness (QED) is 0.722. The zero-order valence-corrected chi connectivity index (χ0v) is 11.7. The van der Waals surface area contributed by atoms with Crippen LogP contribution in [0.3, 0.4) is 0 Å². The molecule has 2 unspecified atom stereocenters. The van der Waals surface area contributed by atoms with E-state index in [2.05, 4.69) is 31.9 Å². The minimum atomic E-state index is -1.04. The fraction of sp³-hybridized carbons (Fsp3) is 0.400. The third kappa shape index (κ3) is 2.88. The Labute approximate surface area is 110 Å². The summed E-state index contributed by atoms with van der Waals surface area (Å²) in [5, 5.41) is 29.1. The fourth-order valence-corrected chi connectivity index (χ4v) is 2.04. The molecule has 0 bridgehead atoms. The van der Waals surface area contributed by atoms with Gasteiger partial charge in [-0.25, -0.2) is 0 Å². The highest BCUT2D eigenvalue weighted by atomic mass is 79.9. The summed E-state index contributed by atoms with van der Waals surface area (Å²) in [5.41, 5.74) is 0.466. The van der Waals surface area contributed by atoms with Crippen molar-refractivity contribution in [1.29, 1.82) is 0 Å². The van der Waals surface area contributed by atoms with Crippen LogP contribution in [0.15, 0.2) is 16.6 Å². The van der Waals surface area contributed by atoms with E-state index in [-0.39, 0.29) is 16.8 Å². The van der Waals surface area contributed by atoms with E-state index in [1.807, 2.05) is 0 Å². The molecule has 0 aromatic heterocycles. The molecule has 0 saturated carbocycles. The molecule has 2 atom stereocenters. The molecule has 1 aromatic carbocycles. The van der Waals surface area contributed by atoms with Crippen molar-refractivity contribution in [3.8, 4) is 11.5 Å². The van der Waals surface area contributed by atoms with E-state index in [0.717, 1.165) is 0 Å². The molecule has 0 heterocycles. The smallest absolute Gasteiger partial charge is 0.172 e. The van der Waals surface area contributed by atoms with E-state index in [1.165, 1.54) is 19.2 Å². The highest BCUT2D eigenvalue weighted by molar-refractivity contribution is 9.10. The van der Waals surface area contributed by atoms with Gasteiger partial charge >= 0.3 is 0 Å². The minimum Gasteiger partial charge on any atom is -0.503 e. The second-order valence-corrected chi connectivity index (χ2v) is 4.72. The highest BCUT2D eigenvalue weighted by Crippen LogP contribution is 2.37. The van der Waals surface area contributed by atoms with Crippen molar-refractivity contribution in [1.82, 2.24) is 0 Å². The van der Waals surface area contributed by atoms with Crippen LogP contribution in [0.25, 0.3) is 0 Å². The third-order valence-corrected chi connectivity index (χ3v) is 3.40. The van der Waals surface area contributed by atoms with Crippen molar-refractivity contribution in [3.05, 3.63) is 22.2 Å². The van der Waals surface area contributed by atoms with E-state index in [1.54, 1.807) is 0 Å². The molecular weight excluding hydrogens is 344 g/mol. The summed E-state index contributed by atoms with van der Waals surface area (Å²) >= 11 is 6.22. The molecule has 0 amide bonds. The van der Waals surface area contributed by atoms with Gasteiger partial charge < -0.3 is 20.1 Å². The molecular formula is C10H12Br2O4. The van der Waals surface area contributed by atoms with Crippen LogP contribution in [-0.4, -0.2) is 33.9 Å². The van der Waals surface area contributed by atoms with Gasteiger partial charge in [-0.3, -0.25) is 0 Å². The molecule has 1 rings (SSSR count). The highest BCUT2D eigenvalue weighted by Gasteiger charge is 2.20. The number of methoxy groups -OCH3 is 1. The number of hydrogen-bond acceptors (Lipinski definition) is 4. The molecule has 16 heavy (non-hydrogen) atoms. The Morgan fingerprint density at radius 1 is 1.38 bits per heavy atom. The topological polar surface area (TPSA) is 69.9 Å². The summed E-state index contributed by atoms with van der Waals surface area (Å²) in [6.45, 7) is 0. The maximum absolute atomic E-state index is 9.79. The summed E-state index contributed by atoms with van der Waals surface area (Å²) in [6, 6.07) is 3.02. The molecule has 0 aliphatic carbocycles. The number of alkyl halides is 1. The Hall–Kier alpha value is -0.300. The first-order valence-corrected chi connectivity index (χ1v) is 6.41. The van der Waals surface area contributed by atoms with Crippen molar-refractivity contribution in [2.75, 3.05) is 12.4 Å². The average Bonchev–Trinajstić information content (AvgIpc) is 2.30. The molecule has 1 aromatic rings. The molecule has 0 saturated heterocycles. The number of benzene rings is 1. The number of hydrogen-bond donors (Lipinski definition) is 3. The van der Waals surface area contributed by atoms with Crippen LogP contribution in [0, 0.1) is 0 Å². The van der Waals surface area contributed by atoms with Crippen molar-refractivity contribution < 1.29 is 20.1 Å². The molecule has 0 radical (unpaired) electrons. The molecule has 0 spiro atoms. The standard InChI is InChI=1S/C10H12Br2O4/c1-16-8-3-5(2-6(12)10(8)15)9(14)7(13)4-11/h2-3,7,9,13-15H,4H2,1H3. The van der Waals surface area contributed by atoms with Gasteiger partial charge in [0.1, 0.15) is 6.10 Å². The third-order valence-electron chi connectivity index (χ3n) is 2.13. The first kappa shape index (κ1) is 13.8. The number of ether oxygens (including phenoxy) is 1. The minimum absolute atomic E-state index is 0.0354. The van der Waals surface area contributed by atoms with Crippen LogP contribution in [0.4, 0.5) is 0 Å². The van der Waals surface area contributed by atoms with E-state index in [0.29, 0.717) is 10.0 Å². The summed E-state index contributed by atoms with van der Waals surface area (Å²) in [6.07, 6.45) is -1.95. The molecule has 0 aliphatic rings. The molecule has 6 heteroatoms. The van der Waals surface area contributed by atoms with Crippen LogP contribution in [-0.2, 0) is 0 Å². The lowest BCUT2D eigenvalue weighted by molar-refractivity contribution is 0.0341. The van der Waals surface area contributed by atoms with Gasteiger partial charge in [-0.1, -0.05) is 15.9 Å². The van der Waals surface area contributed by atoms with Gasteiger partial charge in [-0.15, -0.1) is 0 Å². The van der Waals surface area contributed by atoms with Gasteiger partial charge in [0.25, 0.3) is 0 Å². The molecule has 0 fully saturated rings. The number of phenols is 1. The fourth-order valence-electron chi connectivity index (χ4n) is 1.23. The summed E-state index contributed by atoms with van der Waals surface area (Å²) < 4.78 is 5.35. The zero-order valence-electron chi connectivity index (χ0n) is 8.52. The zero-order chi connectivity index (χ0) is 12.3. The average molecular weight is 356 g/mol. The maximum Gasteiger partial charge on any atom is 0.172 e. The summed E-state index contributed by atoms with van der Waals surface area (Å²) in [4.78, 5) is 0. The summed E-state index contributed by atoms with van der Waals surface area (Å²) in [5.74, 6) is 0.206. The van der Waals surface area contributed by atoms with Crippen molar-refractivity contribution >= 4 is 31.9 Å². The lowest BCUT2D eigenvalue weighted by Crippen LogP contribution is -2.19. The van der Waals surface area contributed by atoms with Crippen molar-refractivity contribution in [2.45, 2.75) is 12.2 Å². The SMILES string of the molecule is COc1cc(C(O)C(O)CBr)cc(Br)c1O. The molecule has 3 N–H and O–H groups in total. The predicted octanol–water partition coefficient (Wildman–Crippen LogP) is 1.95. The Balaban J connectivity index is 3.10. The van der Waals surface area contributed by atoms with E-state index < -0.39 is 12.2 Å². The Morgan fingerprint density at radius 2 is 2.00 bits per heavy atom. The van der Waals surface area contributed by atoms with Crippen LogP contribution >= 0.6 is 31.9 Å². The Bertz CT molecular complexity index is 370. The van der Waals surface area contributed by atoms with Gasteiger partial charge in [0.15, 0.2) is 11.5 Å². The van der Waals surface area contributed by atoms with Crippen LogP contribution in [0.1, 0.15) is 11.7 Å². The Kier molecular flexibility index (Phi) is 5.04. The second kappa shape index (κ2) is 5.86. The van der Waals surface area contributed by atoms with E-state index in [9.17, 15) is 15.3 Å². The number of aliphatic hydroxyl groups is 2. The summed E-state index contributed by atoms with van der Waals surface area (Å²) in [7, 11) is 1.42. The van der Waals surface area contributed by atoms with Crippen LogP contribution in [0.5, 0.6) is 11.5 Å². The van der Waals surface area contributed by atoms with Gasteiger partial charge in [0, 0.05) is 5.33 Å². The number of aromatic hydroxyl groups is 1. The number of aliphatic hydroxyl groups excluding tert-OH is 2. The normalized spacial score (nSPS) is 14.6.